The maximum atomic E-state index is 13.0. The molecule has 0 aliphatic carbocycles. The number of hydrogen-bond donors (Lipinski definition) is 4. The summed E-state index contributed by atoms with van der Waals surface area (Å²) in [4.78, 5) is 49.3. The van der Waals surface area contributed by atoms with Gasteiger partial charge in [0.25, 0.3) is 0 Å². The van der Waals surface area contributed by atoms with Crippen molar-refractivity contribution in [3.63, 3.8) is 0 Å². The van der Waals surface area contributed by atoms with Gasteiger partial charge in [0, 0.05) is 102 Å². The standard InChI is InChI=1S/C54H65N17O4/c1-12-51(72)60-38-23-40(48(74-10)25-44(38)66(7)21-20-64(4)5)58-50-33-70-47(35-14-17-65(6)30-35)29-55-53(70)42(59-50)32-67(8)37-15-18-69(19-16-37)45-26-49(75-11)41(24-39(45)61-52(73)13-2)62-54-56-28-46-34(3)22-43(71(46)63-54)36-27-57-68(9)31-36/h12-14,17,22-31,33,37,58H,1-2,15-16,18-21,32H2,3-11H3,(H,60,72)(H,61,73)(H,62,63). The summed E-state index contributed by atoms with van der Waals surface area (Å²) in [6.45, 7) is 12.8. The van der Waals surface area contributed by atoms with Gasteiger partial charge in [0.2, 0.25) is 17.8 Å². The summed E-state index contributed by atoms with van der Waals surface area (Å²) < 4.78 is 19.6. The summed E-state index contributed by atoms with van der Waals surface area (Å²) in [6, 6.07) is 11.9. The number of ether oxygens (including phenoxy) is 2. The van der Waals surface area contributed by atoms with E-state index < -0.39 is 0 Å². The molecule has 1 aliphatic heterocycles. The number of hydrogen-bond acceptors (Lipinski definition) is 15. The molecule has 1 aliphatic rings. The highest BCUT2D eigenvalue weighted by molar-refractivity contribution is 6.03. The smallest absolute Gasteiger partial charge is 0.247 e. The minimum Gasteiger partial charge on any atom is -0.494 e. The molecule has 6 aromatic heterocycles. The number of imidazole rings is 1. The SMILES string of the molecule is C=CC(=O)Nc1cc(Nc2cn3c(-c4ccn(C)c4)cnc3c(CN(C)C3CCN(c4cc(OC)c(Nc5ncc6c(C)cc(-c7cnn(C)c7)n6n5)cc4NC(=O)C=C)CC3)n2)c(OC)cc1N(C)CCN(C)C. The van der Waals surface area contributed by atoms with Crippen molar-refractivity contribution >= 4 is 68.9 Å². The molecule has 0 bridgehead atoms. The molecule has 21 nitrogen and oxygen atoms in total. The van der Waals surface area contributed by atoms with Gasteiger partial charge in [-0.25, -0.2) is 19.5 Å². The third-order valence-electron chi connectivity index (χ3n) is 13.6. The Morgan fingerprint density at radius 2 is 1.51 bits per heavy atom. The van der Waals surface area contributed by atoms with E-state index in [1.165, 1.54) is 12.2 Å². The van der Waals surface area contributed by atoms with Crippen LogP contribution in [0.4, 0.5) is 45.9 Å². The molecule has 9 rings (SSSR count). The van der Waals surface area contributed by atoms with Crippen molar-refractivity contribution in [3.8, 4) is 34.0 Å². The predicted molar refractivity (Wildman–Crippen MR) is 296 cm³/mol. The van der Waals surface area contributed by atoms with E-state index in [0.717, 1.165) is 75.7 Å². The number of fused-ring (bicyclic) bond motifs is 2. The molecule has 4 N–H and O–H groups in total. The second-order valence-electron chi connectivity index (χ2n) is 19.1. The number of carbonyl (C=O) groups is 2. The monoisotopic (exact) mass is 1020 g/mol. The van der Waals surface area contributed by atoms with Crippen molar-refractivity contribution in [3.05, 3.63) is 116 Å². The highest BCUT2D eigenvalue weighted by Gasteiger charge is 2.28. The van der Waals surface area contributed by atoms with Gasteiger partial charge in [0.15, 0.2) is 5.65 Å². The Bertz CT molecular complexity index is 3410. The summed E-state index contributed by atoms with van der Waals surface area (Å²) in [5.74, 6) is 1.36. The number of aromatic nitrogens is 9. The molecule has 1 saturated heterocycles. The fourth-order valence-electron chi connectivity index (χ4n) is 9.51. The first kappa shape index (κ1) is 51.2. The summed E-state index contributed by atoms with van der Waals surface area (Å²) >= 11 is 0. The van der Waals surface area contributed by atoms with Crippen molar-refractivity contribution in [2.75, 3.05) is 99.7 Å². The second-order valence-corrected chi connectivity index (χ2v) is 19.1. The molecular weight excluding hydrogens is 951 g/mol. The van der Waals surface area contributed by atoms with Crippen molar-refractivity contribution in [2.24, 2.45) is 14.1 Å². The average Bonchev–Trinajstić information content (AvgIpc) is 4.22. The van der Waals surface area contributed by atoms with Crippen molar-refractivity contribution in [1.82, 2.24) is 53.1 Å². The lowest BCUT2D eigenvalue weighted by Gasteiger charge is -2.38. The molecule has 390 valence electrons. The first-order chi connectivity index (χ1) is 36.1. The fraction of sp³-hybridized carbons (Fsp3) is 0.315. The number of likely N-dealkylation sites (N-methyl/N-ethyl adjacent to an activating group) is 2. The van der Waals surface area contributed by atoms with E-state index in [9.17, 15) is 9.59 Å². The Hall–Kier alpha value is -8.69. The number of nitrogens with zero attached hydrogens (tertiary/aromatic N) is 13. The highest BCUT2D eigenvalue weighted by atomic mass is 16.5. The predicted octanol–water partition coefficient (Wildman–Crippen LogP) is 7.34. The number of rotatable bonds is 20. The van der Waals surface area contributed by atoms with E-state index in [4.69, 9.17) is 24.5 Å². The first-order valence-corrected chi connectivity index (χ1v) is 24.6. The van der Waals surface area contributed by atoms with Gasteiger partial charge < -0.3 is 50.0 Å². The normalized spacial score (nSPS) is 12.9. The summed E-state index contributed by atoms with van der Waals surface area (Å²) in [5.41, 5.74) is 11.1. The largest absolute Gasteiger partial charge is 0.494 e. The van der Waals surface area contributed by atoms with Crippen molar-refractivity contribution in [1.29, 1.82) is 0 Å². The molecular formula is C54H65N17O4. The van der Waals surface area contributed by atoms with Crippen LogP contribution in [0.2, 0.25) is 0 Å². The molecule has 2 aromatic carbocycles. The van der Waals surface area contributed by atoms with Crippen LogP contribution in [0.5, 0.6) is 11.5 Å². The van der Waals surface area contributed by atoms with Gasteiger partial charge >= 0.3 is 0 Å². The van der Waals surface area contributed by atoms with Gasteiger partial charge in [0.05, 0.1) is 90.0 Å². The van der Waals surface area contributed by atoms with Crippen LogP contribution in [0.15, 0.2) is 105 Å². The van der Waals surface area contributed by atoms with Gasteiger partial charge in [0.1, 0.15) is 23.0 Å². The third-order valence-corrected chi connectivity index (χ3v) is 13.6. The van der Waals surface area contributed by atoms with Crippen LogP contribution >= 0.6 is 0 Å². The van der Waals surface area contributed by atoms with Crippen LogP contribution in [0.3, 0.4) is 0 Å². The second kappa shape index (κ2) is 21.8. The maximum Gasteiger partial charge on any atom is 0.247 e. The number of anilines is 8. The molecule has 1 fully saturated rings. The molecule has 7 heterocycles. The lowest BCUT2D eigenvalue weighted by Crippen LogP contribution is -2.43. The lowest BCUT2D eigenvalue weighted by molar-refractivity contribution is -0.112. The number of piperidine rings is 1. The maximum absolute atomic E-state index is 13.0. The van der Waals surface area contributed by atoms with Crippen LogP contribution in [-0.4, -0.2) is 140 Å². The van der Waals surface area contributed by atoms with Gasteiger partial charge in [-0.3, -0.25) is 23.6 Å². The van der Waals surface area contributed by atoms with Crippen molar-refractivity contribution < 1.29 is 19.1 Å². The quantitative estimate of drug-likeness (QED) is 0.0553. The Morgan fingerprint density at radius 1 is 0.800 bits per heavy atom. The van der Waals surface area contributed by atoms with E-state index >= 15 is 0 Å². The summed E-state index contributed by atoms with van der Waals surface area (Å²) in [7, 11) is 15.3. The molecule has 0 saturated carbocycles. The van der Waals surface area contributed by atoms with Crippen LogP contribution in [0.25, 0.3) is 33.7 Å². The fourth-order valence-corrected chi connectivity index (χ4v) is 9.51. The van der Waals surface area contributed by atoms with E-state index in [1.807, 2.05) is 100 Å². The zero-order chi connectivity index (χ0) is 53.1. The van der Waals surface area contributed by atoms with Gasteiger partial charge in [-0.2, -0.15) is 5.10 Å². The Labute approximate surface area is 436 Å². The number of nitrogens with one attached hydrogen (secondary N) is 4. The summed E-state index contributed by atoms with van der Waals surface area (Å²) in [5, 5.41) is 22.2. The third kappa shape index (κ3) is 11.0. The topological polar surface area (TPSA) is 197 Å². The van der Waals surface area contributed by atoms with Gasteiger partial charge in [-0.1, -0.05) is 13.2 Å². The molecule has 21 heteroatoms. The van der Waals surface area contributed by atoms with E-state index in [-0.39, 0.29) is 17.9 Å². The minimum absolute atomic E-state index is 0.187. The van der Waals surface area contributed by atoms with Crippen LogP contribution in [0, 0.1) is 6.92 Å². The van der Waals surface area contributed by atoms with E-state index in [2.05, 4.69) is 93.9 Å². The van der Waals surface area contributed by atoms with Crippen LogP contribution in [-0.2, 0) is 30.2 Å². The molecule has 8 aromatic rings. The minimum atomic E-state index is -0.341. The molecule has 0 radical (unpaired) electrons. The highest BCUT2D eigenvalue weighted by Crippen LogP contribution is 2.41. The lowest BCUT2D eigenvalue weighted by atomic mass is 10.0. The van der Waals surface area contributed by atoms with Crippen LogP contribution < -0.4 is 40.5 Å². The molecule has 0 spiro atoms. The number of aryl methyl sites for hydroxylation is 3. The zero-order valence-electron chi connectivity index (χ0n) is 44.0. The molecule has 0 atom stereocenters. The average molecular weight is 1020 g/mol. The molecule has 0 unspecified atom stereocenters. The molecule has 75 heavy (non-hydrogen) atoms. The number of amides is 2. The Balaban J connectivity index is 0.976. The zero-order valence-corrected chi connectivity index (χ0v) is 44.0. The Morgan fingerprint density at radius 3 is 2.17 bits per heavy atom. The van der Waals surface area contributed by atoms with Crippen LogP contribution in [0.1, 0.15) is 24.1 Å². The van der Waals surface area contributed by atoms with Gasteiger partial charge in [-0.05, 0) is 82.9 Å². The number of methoxy groups -OCH3 is 2. The van der Waals surface area contributed by atoms with E-state index in [1.54, 1.807) is 31.3 Å². The number of carbonyl (C=O) groups excluding carboxylic acids is 2. The van der Waals surface area contributed by atoms with E-state index in [0.29, 0.717) is 72.2 Å². The first-order valence-electron chi connectivity index (χ1n) is 24.6. The number of benzene rings is 2. The van der Waals surface area contributed by atoms with Crippen molar-refractivity contribution in [2.45, 2.75) is 32.4 Å². The summed E-state index contributed by atoms with van der Waals surface area (Å²) in [6.07, 6.45) is 17.6. The Kier molecular flexibility index (Phi) is 14.9. The van der Waals surface area contributed by atoms with Gasteiger partial charge in [-0.15, -0.1) is 5.10 Å². The molecule has 2 amide bonds.